The molecule has 17 heavy (non-hydrogen) atoms. The molecule has 1 atom stereocenters. The average Bonchev–Trinajstić information content (AvgIpc) is 2.26. The number of esters is 1. The molecular weight excluding hydrogens is 216 g/mol. The molecule has 0 radical (unpaired) electrons. The van der Waals surface area contributed by atoms with E-state index in [1.165, 1.54) is 32.6 Å². The molecule has 0 bridgehead atoms. The number of carbonyl (C=O) groups is 1. The zero-order valence-corrected chi connectivity index (χ0v) is 11.2. The molecule has 100 valence electrons. The van der Waals surface area contributed by atoms with E-state index >= 15 is 0 Å². The fraction of sp³-hybridized carbons (Fsp3) is 0.786. The van der Waals surface area contributed by atoms with Crippen molar-refractivity contribution in [3.63, 3.8) is 0 Å². The first kappa shape index (κ1) is 16.2. The van der Waals surface area contributed by atoms with Gasteiger partial charge in [-0.2, -0.15) is 0 Å². The number of hydrogen-bond donors (Lipinski definition) is 1. The monoisotopic (exact) mass is 242 g/mol. The van der Waals surface area contributed by atoms with Crippen LogP contribution in [-0.2, 0) is 9.53 Å². The molecular formula is C14H26O3. The lowest BCUT2D eigenvalue weighted by molar-refractivity contribution is -0.165. The van der Waals surface area contributed by atoms with Crippen molar-refractivity contribution >= 4 is 5.97 Å². The second-order valence-corrected chi connectivity index (χ2v) is 4.32. The summed E-state index contributed by atoms with van der Waals surface area (Å²) in [4.78, 5) is 10.5. The fourth-order valence-corrected chi connectivity index (χ4v) is 1.59. The van der Waals surface area contributed by atoms with Gasteiger partial charge in [0.2, 0.25) is 6.29 Å². The van der Waals surface area contributed by atoms with Crippen LogP contribution in [0.25, 0.3) is 0 Å². The summed E-state index contributed by atoms with van der Waals surface area (Å²) in [6.45, 7) is 3.49. The molecule has 0 aliphatic rings. The lowest BCUT2D eigenvalue weighted by Gasteiger charge is -2.09. The summed E-state index contributed by atoms with van der Waals surface area (Å²) in [5.41, 5.74) is 0. The topological polar surface area (TPSA) is 46.5 Å². The second-order valence-electron chi connectivity index (χ2n) is 4.32. The molecule has 0 fully saturated rings. The van der Waals surface area contributed by atoms with Gasteiger partial charge in [-0.3, -0.25) is 4.79 Å². The van der Waals surface area contributed by atoms with Crippen molar-refractivity contribution in [3.8, 4) is 0 Å². The highest BCUT2D eigenvalue weighted by molar-refractivity contribution is 5.65. The SMILES string of the molecule is CCC/C=C/CCCCCCC(O)OC(C)=O. The quantitative estimate of drug-likeness (QED) is 0.276. The zero-order valence-electron chi connectivity index (χ0n) is 11.2. The van der Waals surface area contributed by atoms with E-state index in [0.717, 1.165) is 19.3 Å². The van der Waals surface area contributed by atoms with Crippen molar-refractivity contribution in [1.29, 1.82) is 0 Å². The number of allylic oxidation sites excluding steroid dienone is 2. The number of aliphatic hydroxyl groups is 1. The highest BCUT2D eigenvalue weighted by Gasteiger charge is 2.05. The second kappa shape index (κ2) is 11.6. The van der Waals surface area contributed by atoms with Crippen LogP contribution in [0.15, 0.2) is 12.2 Å². The van der Waals surface area contributed by atoms with Crippen LogP contribution in [0, 0.1) is 0 Å². The molecule has 3 nitrogen and oxygen atoms in total. The summed E-state index contributed by atoms with van der Waals surface area (Å²) in [5, 5.41) is 9.27. The summed E-state index contributed by atoms with van der Waals surface area (Å²) in [5.74, 6) is -0.418. The molecule has 3 heteroatoms. The standard InChI is InChI=1S/C14H26O3/c1-3-4-5-6-7-8-9-10-11-12-14(16)17-13(2)15/h5-6,14,16H,3-4,7-12H2,1-2H3/b6-5+. The number of hydrogen-bond acceptors (Lipinski definition) is 3. The minimum Gasteiger partial charge on any atom is -0.436 e. The zero-order chi connectivity index (χ0) is 12.9. The summed E-state index contributed by atoms with van der Waals surface area (Å²) in [7, 11) is 0. The Kier molecular flexibility index (Phi) is 11.1. The van der Waals surface area contributed by atoms with Gasteiger partial charge in [-0.25, -0.2) is 0 Å². The molecule has 0 saturated carbocycles. The van der Waals surface area contributed by atoms with Gasteiger partial charge in [0.25, 0.3) is 0 Å². The van der Waals surface area contributed by atoms with Crippen LogP contribution in [0.2, 0.25) is 0 Å². The maximum atomic E-state index is 10.5. The highest BCUT2D eigenvalue weighted by atomic mass is 16.6. The molecule has 0 aromatic rings. The van der Waals surface area contributed by atoms with Crippen LogP contribution in [0.1, 0.15) is 65.2 Å². The van der Waals surface area contributed by atoms with Crippen LogP contribution in [0.3, 0.4) is 0 Å². The summed E-state index contributed by atoms with van der Waals surface area (Å²) in [6.07, 6.45) is 12.0. The first-order chi connectivity index (χ1) is 8.16. The summed E-state index contributed by atoms with van der Waals surface area (Å²) < 4.78 is 4.63. The van der Waals surface area contributed by atoms with E-state index in [2.05, 4.69) is 23.8 Å². The Bertz CT molecular complexity index is 212. The predicted molar refractivity (Wildman–Crippen MR) is 69.5 cm³/mol. The minimum atomic E-state index is -0.919. The van der Waals surface area contributed by atoms with Gasteiger partial charge in [0.15, 0.2) is 0 Å². The van der Waals surface area contributed by atoms with Gasteiger partial charge in [0.1, 0.15) is 0 Å². The Morgan fingerprint density at radius 2 is 1.82 bits per heavy atom. The van der Waals surface area contributed by atoms with E-state index < -0.39 is 12.3 Å². The van der Waals surface area contributed by atoms with Crippen molar-refractivity contribution in [2.45, 2.75) is 71.5 Å². The molecule has 0 saturated heterocycles. The maximum absolute atomic E-state index is 10.5. The number of ether oxygens (including phenoxy) is 1. The largest absolute Gasteiger partial charge is 0.436 e. The van der Waals surface area contributed by atoms with Crippen LogP contribution in [0.4, 0.5) is 0 Å². The molecule has 0 heterocycles. The van der Waals surface area contributed by atoms with E-state index in [-0.39, 0.29) is 0 Å². The predicted octanol–water partition coefficient (Wildman–Crippen LogP) is 3.56. The number of rotatable bonds is 10. The van der Waals surface area contributed by atoms with Gasteiger partial charge in [-0.15, -0.1) is 0 Å². The molecule has 0 aliphatic carbocycles. The van der Waals surface area contributed by atoms with Crippen molar-refractivity contribution in [2.24, 2.45) is 0 Å². The molecule has 0 aromatic carbocycles. The first-order valence-corrected chi connectivity index (χ1v) is 6.67. The van der Waals surface area contributed by atoms with Gasteiger partial charge in [-0.05, 0) is 25.7 Å². The average molecular weight is 242 g/mol. The molecule has 0 amide bonds. The molecule has 1 N–H and O–H groups in total. The Hall–Kier alpha value is -0.830. The maximum Gasteiger partial charge on any atom is 0.304 e. The van der Waals surface area contributed by atoms with Crippen molar-refractivity contribution in [2.75, 3.05) is 0 Å². The van der Waals surface area contributed by atoms with E-state index in [9.17, 15) is 9.90 Å². The summed E-state index contributed by atoms with van der Waals surface area (Å²) in [6, 6.07) is 0. The van der Waals surface area contributed by atoms with Crippen LogP contribution in [-0.4, -0.2) is 17.4 Å². The minimum absolute atomic E-state index is 0.418. The van der Waals surface area contributed by atoms with E-state index in [1.54, 1.807) is 0 Å². The third-order valence-electron chi connectivity index (χ3n) is 2.50. The Labute approximate surface area is 105 Å². The van der Waals surface area contributed by atoms with Gasteiger partial charge in [-0.1, -0.05) is 38.3 Å². The van der Waals surface area contributed by atoms with Crippen molar-refractivity contribution < 1.29 is 14.6 Å². The van der Waals surface area contributed by atoms with Gasteiger partial charge in [0, 0.05) is 13.3 Å². The van der Waals surface area contributed by atoms with Crippen LogP contribution < -0.4 is 0 Å². The Morgan fingerprint density at radius 3 is 2.47 bits per heavy atom. The lowest BCUT2D eigenvalue weighted by atomic mass is 10.1. The smallest absolute Gasteiger partial charge is 0.304 e. The lowest BCUT2D eigenvalue weighted by Crippen LogP contribution is -2.14. The fourth-order valence-electron chi connectivity index (χ4n) is 1.59. The van der Waals surface area contributed by atoms with Gasteiger partial charge in [0.05, 0.1) is 0 Å². The highest BCUT2D eigenvalue weighted by Crippen LogP contribution is 2.09. The molecule has 0 aliphatic heterocycles. The first-order valence-electron chi connectivity index (χ1n) is 6.67. The third-order valence-corrected chi connectivity index (χ3v) is 2.50. The molecule has 1 unspecified atom stereocenters. The van der Waals surface area contributed by atoms with Crippen LogP contribution in [0.5, 0.6) is 0 Å². The van der Waals surface area contributed by atoms with Gasteiger partial charge >= 0.3 is 5.97 Å². The normalized spacial score (nSPS) is 12.9. The molecule has 0 spiro atoms. The molecule has 0 aromatic heterocycles. The van der Waals surface area contributed by atoms with E-state index in [4.69, 9.17) is 0 Å². The van der Waals surface area contributed by atoms with E-state index in [1.807, 2.05) is 0 Å². The Balaban J connectivity index is 3.20. The summed E-state index contributed by atoms with van der Waals surface area (Å²) >= 11 is 0. The Morgan fingerprint density at radius 1 is 1.18 bits per heavy atom. The number of unbranched alkanes of at least 4 members (excludes halogenated alkanes) is 5. The van der Waals surface area contributed by atoms with E-state index in [0.29, 0.717) is 6.42 Å². The third kappa shape index (κ3) is 13.1. The number of aliphatic hydroxyl groups excluding tert-OH is 1. The number of carbonyl (C=O) groups excluding carboxylic acids is 1. The van der Waals surface area contributed by atoms with Gasteiger partial charge < -0.3 is 9.84 Å². The van der Waals surface area contributed by atoms with Crippen molar-refractivity contribution in [1.82, 2.24) is 0 Å². The molecule has 0 rings (SSSR count). The van der Waals surface area contributed by atoms with Crippen molar-refractivity contribution in [3.05, 3.63) is 12.2 Å². The van der Waals surface area contributed by atoms with Crippen LogP contribution >= 0.6 is 0 Å².